The third kappa shape index (κ3) is 4.04. The molecule has 172 valence electrons. The summed E-state index contributed by atoms with van der Waals surface area (Å²) in [5.74, 6) is 2.72. The normalized spacial score (nSPS) is 18.9. The van der Waals surface area contributed by atoms with Crippen LogP contribution in [0.2, 0.25) is 0 Å². The molecule has 2 N–H and O–H groups in total. The third-order valence-corrected chi connectivity index (χ3v) is 7.76. The summed E-state index contributed by atoms with van der Waals surface area (Å²) in [4.78, 5) is 13.4. The fourth-order valence-electron chi connectivity index (χ4n) is 4.80. The first-order chi connectivity index (χ1) is 16.7. The number of aromatic nitrogens is 2. The molecule has 0 spiro atoms. The minimum atomic E-state index is 0.443. The van der Waals surface area contributed by atoms with E-state index in [1.54, 1.807) is 0 Å². The molecule has 3 aromatic heterocycles. The van der Waals surface area contributed by atoms with E-state index in [4.69, 9.17) is 16.1 Å². The number of hydrogen-bond acceptors (Lipinski definition) is 7. The van der Waals surface area contributed by atoms with Crippen molar-refractivity contribution < 1.29 is 4.74 Å². The van der Waals surface area contributed by atoms with E-state index in [-0.39, 0.29) is 0 Å². The number of rotatable bonds is 3. The Hall–Kier alpha value is -3.02. The summed E-state index contributed by atoms with van der Waals surface area (Å²) in [7, 11) is 0. The lowest BCUT2D eigenvalue weighted by Gasteiger charge is -2.26. The van der Waals surface area contributed by atoms with Gasteiger partial charge in [-0.15, -0.1) is 17.8 Å². The fraction of sp³-hybridized carbons (Fsp3) is 0.333. The molecule has 0 aliphatic carbocycles. The predicted octanol–water partition coefficient (Wildman–Crippen LogP) is 4.23. The van der Waals surface area contributed by atoms with Gasteiger partial charge in [-0.1, -0.05) is 5.92 Å². The molecule has 34 heavy (non-hydrogen) atoms. The number of ether oxygens (including phenoxy) is 1. The van der Waals surface area contributed by atoms with E-state index in [9.17, 15) is 0 Å². The van der Waals surface area contributed by atoms with Crippen LogP contribution < -0.4 is 10.6 Å². The molecule has 2 aliphatic rings. The maximum atomic E-state index is 5.75. The topological polar surface area (TPSA) is 62.3 Å². The fourth-order valence-corrected chi connectivity index (χ4v) is 5.94. The molecule has 2 aliphatic heterocycles. The van der Waals surface area contributed by atoms with E-state index in [1.807, 2.05) is 17.4 Å². The van der Waals surface area contributed by atoms with E-state index in [2.05, 4.69) is 63.7 Å². The van der Waals surface area contributed by atoms with Crippen molar-refractivity contribution in [3.63, 3.8) is 0 Å². The predicted molar refractivity (Wildman–Crippen MR) is 139 cm³/mol. The van der Waals surface area contributed by atoms with Crippen LogP contribution in [0.25, 0.3) is 32.2 Å². The van der Waals surface area contributed by atoms with Gasteiger partial charge in [0.25, 0.3) is 0 Å². The van der Waals surface area contributed by atoms with Gasteiger partial charge in [-0.3, -0.25) is 4.90 Å². The van der Waals surface area contributed by atoms with Gasteiger partial charge in [0.15, 0.2) is 0 Å². The molecule has 0 radical (unpaired) electrons. The van der Waals surface area contributed by atoms with E-state index < -0.39 is 0 Å². The molecule has 1 aromatic carbocycles. The SMILES string of the molecule is C#Cc1cc(-c2ccc3c(ccc4sc5c(c43)NC[C@@H](C)NC5)n2)cc(CN2CCOCC2)n1. The number of benzene rings is 1. The lowest BCUT2D eigenvalue weighted by atomic mass is 10.1. The molecule has 0 amide bonds. The highest BCUT2D eigenvalue weighted by Crippen LogP contribution is 2.41. The molecule has 6 rings (SSSR count). The molecule has 7 heteroatoms. The number of nitrogens with zero attached hydrogens (tertiary/aromatic N) is 3. The molecule has 6 nitrogen and oxygen atoms in total. The van der Waals surface area contributed by atoms with Crippen molar-refractivity contribution in [1.82, 2.24) is 20.2 Å². The van der Waals surface area contributed by atoms with E-state index in [1.165, 1.54) is 26.0 Å². The molecule has 1 fully saturated rings. The summed E-state index contributed by atoms with van der Waals surface area (Å²) in [6.07, 6.45) is 5.75. The van der Waals surface area contributed by atoms with Gasteiger partial charge in [-0.05, 0) is 43.3 Å². The van der Waals surface area contributed by atoms with E-state index in [0.29, 0.717) is 11.7 Å². The zero-order valence-electron chi connectivity index (χ0n) is 19.2. The van der Waals surface area contributed by atoms with Crippen LogP contribution in [0.5, 0.6) is 0 Å². The number of anilines is 1. The van der Waals surface area contributed by atoms with Crippen molar-refractivity contribution in [2.24, 2.45) is 0 Å². The quantitative estimate of drug-likeness (QED) is 0.438. The van der Waals surface area contributed by atoms with Crippen LogP contribution in [-0.4, -0.2) is 53.8 Å². The number of morpholine rings is 1. The lowest BCUT2D eigenvalue weighted by molar-refractivity contribution is 0.0336. The zero-order valence-corrected chi connectivity index (χ0v) is 20.0. The van der Waals surface area contributed by atoms with Gasteiger partial charge in [0.2, 0.25) is 0 Å². The summed E-state index contributed by atoms with van der Waals surface area (Å²) in [5, 5.41) is 9.72. The molecule has 1 saturated heterocycles. The minimum Gasteiger partial charge on any atom is -0.382 e. The van der Waals surface area contributed by atoms with Crippen molar-refractivity contribution in [2.45, 2.75) is 26.1 Å². The first kappa shape index (κ1) is 21.5. The van der Waals surface area contributed by atoms with Crippen molar-refractivity contribution in [3.05, 3.63) is 52.7 Å². The van der Waals surface area contributed by atoms with Crippen LogP contribution in [0.15, 0.2) is 36.4 Å². The van der Waals surface area contributed by atoms with Gasteiger partial charge in [0, 0.05) is 64.7 Å². The number of thiophene rings is 1. The van der Waals surface area contributed by atoms with Crippen LogP contribution in [0, 0.1) is 12.3 Å². The Morgan fingerprint density at radius 1 is 1.18 bits per heavy atom. The highest BCUT2D eigenvalue weighted by Gasteiger charge is 2.19. The average molecular weight is 470 g/mol. The molecule has 0 saturated carbocycles. The molecular weight excluding hydrogens is 442 g/mol. The van der Waals surface area contributed by atoms with Crippen molar-refractivity contribution in [2.75, 3.05) is 38.2 Å². The number of terminal acetylenes is 1. The molecule has 0 unspecified atom stereocenters. The second-order valence-corrected chi connectivity index (χ2v) is 10.2. The van der Waals surface area contributed by atoms with E-state index >= 15 is 0 Å². The Morgan fingerprint density at radius 2 is 2.06 bits per heavy atom. The highest BCUT2D eigenvalue weighted by atomic mass is 32.1. The van der Waals surface area contributed by atoms with Gasteiger partial charge >= 0.3 is 0 Å². The number of hydrogen-bond donors (Lipinski definition) is 2. The first-order valence-electron chi connectivity index (χ1n) is 11.8. The van der Waals surface area contributed by atoms with Crippen LogP contribution in [0.4, 0.5) is 5.69 Å². The second-order valence-electron chi connectivity index (χ2n) is 9.03. The zero-order chi connectivity index (χ0) is 23.1. The Labute approximate surface area is 203 Å². The van der Waals surface area contributed by atoms with Gasteiger partial charge in [0.05, 0.1) is 35.8 Å². The van der Waals surface area contributed by atoms with Crippen LogP contribution in [0.3, 0.4) is 0 Å². The van der Waals surface area contributed by atoms with Gasteiger partial charge in [-0.2, -0.15) is 0 Å². The van der Waals surface area contributed by atoms with Crippen molar-refractivity contribution in [3.8, 4) is 23.6 Å². The second kappa shape index (κ2) is 8.97. The smallest absolute Gasteiger partial charge is 0.113 e. The van der Waals surface area contributed by atoms with Crippen molar-refractivity contribution in [1.29, 1.82) is 0 Å². The third-order valence-electron chi connectivity index (χ3n) is 6.60. The Kier molecular flexibility index (Phi) is 5.67. The summed E-state index contributed by atoms with van der Waals surface area (Å²) >= 11 is 1.86. The van der Waals surface area contributed by atoms with Crippen LogP contribution >= 0.6 is 11.3 Å². The Balaban J connectivity index is 1.40. The molecule has 1 atom stereocenters. The van der Waals surface area contributed by atoms with Gasteiger partial charge in [-0.25, -0.2) is 9.97 Å². The van der Waals surface area contributed by atoms with Crippen molar-refractivity contribution >= 4 is 38.0 Å². The average Bonchev–Trinajstić information content (AvgIpc) is 3.14. The summed E-state index contributed by atoms with van der Waals surface area (Å²) in [6.45, 7) is 8.14. The monoisotopic (exact) mass is 469 g/mol. The van der Waals surface area contributed by atoms with Crippen LogP contribution in [-0.2, 0) is 17.8 Å². The van der Waals surface area contributed by atoms with Gasteiger partial charge in [0.1, 0.15) is 5.69 Å². The molecule has 0 bridgehead atoms. The molecule has 4 aromatic rings. The standard InChI is InChI=1S/C27H27N5OS/c1-3-19-12-18(13-20(30-19)16-32-8-10-33-11-9-32)22-5-4-21-23(31-22)6-7-24-26(21)27-25(34-24)15-28-17(2)14-29-27/h1,4-7,12-13,17,28-29H,8-11,14-16H2,2H3/t17-/m1/s1. The molecular formula is C27H27N5OS. The maximum absolute atomic E-state index is 5.75. The van der Waals surface area contributed by atoms with Crippen LogP contribution in [0.1, 0.15) is 23.2 Å². The largest absolute Gasteiger partial charge is 0.382 e. The number of nitrogens with one attached hydrogen (secondary N) is 2. The highest BCUT2D eigenvalue weighted by molar-refractivity contribution is 7.20. The Bertz CT molecular complexity index is 1420. The Morgan fingerprint density at radius 3 is 2.91 bits per heavy atom. The van der Waals surface area contributed by atoms with Gasteiger partial charge < -0.3 is 15.4 Å². The summed E-state index contributed by atoms with van der Waals surface area (Å²) in [5.41, 5.74) is 5.78. The number of pyridine rings is 2. The maximum Gasteiger partial charge on any atom is 0.113 e. The minimum absolute atomic E-state index is 0.443. The summed E-state index contributed by atoms with van der Waals surface area (Å²) < 4.78 is 6.77. The summed E-state index contributed by atoms with van der Waals surface area (Å²) in [6, 6.07) is 13.2. The van der Waals surface area contributed by atoms with E-state index in [0.717, 1.165) is 68.4 Å². The molecule has 5 heterocycles. The first-order valence-corrected chi connectivity index (χ1v) is 12.6. The number of fused-ring (bicyclic) bond motifs is 5. The lowest BCUT2D eigenvalue weighted by Crippen LogP contribution is -2.35.